The zero-order chi connectivity index (χ0) is 16.4. The van der Waals surface area contributed by atoms with E-state index in [1.165, 1.54) is 24.9 Å². The van der Waals surface area contributed by atoms with E-state index in [0.29, 0.717) is 5.75 Å². The Balaban J connectivity index is 2.11. The Morgan fingerprint density at radius 3 is 2.73 bits per heavy atom. The van der Waals surface area contributed by atoms with Crippen LogP contribution in [0.5, 0.6) is 0 Å². The second kappa shape index (κ2) is 6.18. The van der Waals surface area contributed by atoms with Gasteiger partial charge in [0, 0.05) is 12.7 Å². The molecule has 2 heterocycles. The van der Waals surface area contributed by atoms with Gasteiger partial charge in [0.15, 0.2) is 5.78 Å². The number of carboxylic acid groups (broad SMARTS) is 1. The third-order valence-corrected chi connectivity index (χ3v) is 4.27. The largest absolute Gasteiger partial charge is 0.477 e. The van der Waals surface area contributed by atoms with Crippen LogP contribution in [0.3, 0.4) is 0 Å². The molecule has 2 rings (SSSR count). The van der Waals surface area contributed by atoms with Crippen molar-refractivity contribution in [2.75, 3.05) is 12.9 Å². The minimum atomic E-state index is -1.20. The number of nitrogens with zero attached hydrogens (tertiary/aromatic N) is 2. The highest BCUT2D eigenvalue weighted by molar-refractivity contribution is 8.00. The van der Waals surface area contributed by atoms with E-state index in [1.807, 2.05) is 0 Å². The van der Waals surface area contributed by atoms with E-state index in [4.69, 9.17) is 5.11 Å². The molecule has 1 fully saturated rings. The lowest BCUT2D eigenvalue weighted by atomic mass is 10.0. The normalized spacial score (nSPS) is 23.9. The summed E-state index contributed by atoms with van der Waals surface area (Å²) in [6.45, 7) is 1.15. The smallest absolute Gasteiger partial charge is 0.352 e. The molecule has 0 saturated carbocycles. The van der Waals surface area contributed by atoms with Crippen molar-refractivity contribution in [3.8, 4) is 0 Å². The number of fused-ring (bicyclic) bond motifs is 1. The quantitative estimate of drug-likeness (QED) is 0.285. The fourth-order valence-corrected chi connectivity index (χ4v) is 3.30. The summed E-state index contributed by atoms with van der Waals surface area (Å²) in [5.41, 5.74) is -0.555. The van der Waals surface area contributed by atoms with Gasteiger partial charge in [-0.3, -0.25) is 19.3 Å². The first-order valence-corrected chi connectivity index (χ1v) is 7.24. The second-order valence-corrected chi connectivity index (χ2v) is 5.61. The van der Waals surface area contributed by atoms with Gasteiger partial charge < -0.3 is 15.3 Å². The summed E-state index contributed by atoms with van der Waals surface area (Å²) >= 11 is 1.32. The number of Topliss-reactive ketones (excluding diaryl/α,β-unsaturated/α-hetero) is 1. The summed E-state index contributed by atoms with van der Waals surface area (Å²) in [5.74, 6) is -2.77. The molecule has 22 heavy (non-hydrogen) atoms. The molecule has 2 N–H and O–H groups in total. The molecule has 0 aromatic heterocycles. The van der Waals surface area contributed by atoms with E-state index >= 15 is 0 Å². The molecular weight excluding hydrogens is 314 g/mol. The van der Waals surface area contributed by atoms with Crippen LogP contribution in [0, 0.1) is 0 Å². The molecule has 2 atom stereocenters. The number of carbonyl (C=O) groups is 4. The first kappa shape index (κ1) is 16.0. The number of carboxylic acids is 1. The number of nitrogens with one attached hydrogen (secondary N) is 1. The van der Waals surface area contributed by atoms with Crippen LogP contribution in [-0.4, -0.2) is 63.6 Å². The summed E-state index contributed by atoms with van der Waals surface area (Å²) in [4.78, 5) is 51.9. The number of hydrogen-bond donors (Lipinski definition) is 2. The molecule has 2 aliphatic rings. The topological polar surface area (TPSA) is 125 Å². The lowest BCUT2D eigenvalue weighted by Gasteiger charge is -2.48. The van der Waals surface area contributed by atoms with Gasteiger partial charge in [-0.15, -0.1) is 11.8 Å². The van der Waals surface area contributed by atoms with Gasteiger partial charge in [-0.05, 0) is 6.08 Å². The second-order valence-electron chi connectivity index (χ2n) is 4.46. The zero-order valence-corrected chi connectivity index (χ0v) is 12.5. The van der Waals surface area contributed by atoms with Crippen LogP contribution in [0.4, 0.5) is 0 Å². The van der Waals surface area contributed by atoms with Gasteiger partial charge in [0.25, 0.3) is 11.8 Å². The Hall–Kier alpha value is -2.36. The van der Waals surface area contributed by atoms with Gasteiger partial charge in [-0.1, -0.05) is 5.16 Å². The van der Waals surface area contributed by atoms with E-state index in [-0.39, 0.29) is 5.70 Å². The summed E-state index contributed by atoms with van der Waals surface area (Å²) in [6.07, 6.45) is 1.44. The number of aliphatic carboxylic acids is 1. The Kier molecular flexibility index (Phi) is 4.50. The van der Waals surface area contributed by atoms with Crippen LogP contribution in [-0.2, 0) is 24.0 Å². The van der Waals surface area contributed by atoms with Crippen molar-refractivity contribution in [3.63, 3.8) is 0 Å². The minimum absolute atomic E-state index is 0.100. The molecule has 0 aliphatic carbocycles. The lowest BCUT2D eigenvalue weighted by Crippen LogP contribution is -2.70. The highest BCUT2D eigenvalue weighted by atomic mass is 32.2. The highest BCUT2D eigenvalue weighted by Gasteiger charge is 2.53. The maximum atomic E-state index is 12.0. The SMILES string of the molecule is CON=C(C(C)=O)C(=O)NC1C(=O)N2C(C(=O)O)=CCS[C@@H]12. The fraction of sp³-hybridized carbons (Fsp3) is 0.417. The number of amides is 2. The number of thioether (sulfide) groups is 1. The number of oxime groups is 1. The molecule has 0 bridgehead atoms. The number of β-lactam (4-membered cyclic amide) rings is 1. The van der Waals surface area contributed by atoms with Crippen LogP contribution >= 0.6 is 11.8 Å². The average Bonchev–Trinajstić information content (AvgIpc) is 2.48. The predicted molar refractivity (Wildman–Crippen MR) is 75.9 cm³/mol. The van der Waals surface area contributed by atoms with Crippen molar-refractivity contribution in [1.82, 2.24) is 10.2 Å². The van der Waals surface area contributed by atoms with Crippen molar-refractivity contribution in [3.05, 3.63) is 11.8 Å². The maximum absolute atomic E-state index is 12.0. The van der Waals surface area contributed by atoms with Gasteiger partial charge in [-0.2, -0.15) is 0 Å². The molecule has 2 amide bonds. The summed E-state index contributed by atoms with van der Waals surface area (Å²) in [6, 6.07) is -0.901. The molecule has 2 aliphatic heterocycles. The van der Waals surface area contributed by atoms with Gasteiger partial charge in [0.05, 0.1) is 0 Å². The molecule has 0 aromatic carbocycles. The zero-order valence-electron chi connectivity index (χ0n) is 11.7. The first-order valence-electron chi connectivity index (χ1n) is 6.19. The lowest BCUT2D eigenvalue weighted by molar-refractivity contribution is -0.150. The Labute approximate surface area is 129 Å². The van der Waals surface area contributed by atoms with E-state index in [9.17, 15) is 19.2 Å². The standard InChI is InChI=1S/C12H13N3O6S/c1-5(16)7(14-21-2)9(17)13-8-10(18)15-6(12(19)20)3-4-22-11(8)15/h3,8,11H,4H2,1-2H3,(H,13,17)(H,19,20)/t8?,11-/m0/s1. The van der Waals surface area contributed by atoms with Crippen LogP contribution in [0.2, 0.25) is 0 Å². The highest BCUT2D eigenvalue weighted by Crippen LogP contribution is 2.37. The molecule has 9 nitrogen and oxygen atoms in total. The molecule has 0 spiro atoms. The monoisotopic (exact) mass is 327 g/mol. The van der Waals surface area contributed by atoms with Crippen LogP contribution < -0.4 is 5.32 Å². The van der Waals surface area contributed by atoms with E-state index in [2.05, 4.69) is 15.3 Å². The van der Waals surface area contributed by atoms with Crippen LogP contribution in [0.1, 0.15) is 6.92 Å². The third kappa shape index (κ3) is 2.69. The molecule has 1 unspecified atom stereocenters. The van der Waals surface area contributed by atoms with E-state index < -0.39 is 40.7 Å². The molecule has 118 valence electrons. The van der Waals surface area contributed by atoms with Crippen molar-refractivity contribution < 1.29 is 29.1 Å². The third-order valence-electron chi connectivity index (χ3n) is 3.08. The number of rotatable bonds is 5. The molecule has 10 heteroatoms. The molecular formula is C12H13N3O6S. The van der Waals surface area contributed by atoms with Crippen molar-refractivity contribution in [2.45, 2.75) is 18.3 Å². The molecule has 1 saturated heterocycles. The van der Waals surface area contributed by atoms with Crippen LogP contribution in [0.15, 0.2) is 16.9 Å². The van der Waals surface area contributed by atoms with E-state index in [1.54, 1.807) is 0 Å². The van der Waals surface area contributed by atoms with Gasteiger partial charge in [0.2, 0.25) is 5.71 Å². The average molecular weight is 327 g/mol. The number of carbonyl (C=O) groups excluding carboxylic acids is 3. The summed E-state index contributed by atoms with van der Waals surface area (Å²) in [7, 11) is 1.19. The van der Waals surface area contributed by atoms with Crippen LogP contribution in [0.25, 0.3) is 0 Å². The fourth-order valence-electron chi connectivity index (χ4n) is 2.10. The Bertz CT molecular complexity index is 614. The van der Waals surface area contributed by atoms with Gasteiger partial charge in [-0.25, -0.2) is 4.79 Å². The molecule has 0 radical (unpaired) electrons. The number of ketones is 1. The minimum Gasteiger partial charge on any atom is -0.477 e. The van der Waals surface area contributed by atoms with Gasteiger partial charge in [0.1, 0.15) is 24.2 Å². The van der Waals surface area contributed by atoms with E-state index in [0.717, 1.165) is 11.8 Å². The van der Waals surface area contributed by atoms with Gasteiger partial charge >= 0.3 is 5.97 Å². The molecule has 0 aromatic rings. The maximum Gasteiger partial charge on any atom is 0.352 e. The Morgan fingerprint density at radius 2 is 2.18 bits per heavy atom. The Morgan fingerprint density at radius 1 is 1.50 bits per heavy atom. The van der Waals surface area contributed by atoms with Crippen molar-refractivity contribution in [2.24, 2.45) is 5.16 Å². The van der Waals surface area contributed by atoms with Crippen molar-refractivity contribution in [1.29, 1.82) is 0 Å². The summed E-state index contributed by atoms with van der Waals surface area (Å²) in [5, 5.41) is 14.2. The number of hydrogen-bond acceptors (Lipinski definition) is 7. The predicted octanol–water partition coefficient (Wildman–Crippen LogP) is -1.05. The van der Waals surface area contributed by atoms with Crippen molar-refractivity contribution >= 4 is 41.0 Å². The first-order chi connectivity index (χ1) is 10.4. The summed E-state index contributed by atoms with van der Waals surface area (Å²) < 4.78 is 0.